The largest absolute Gasteiger partial charge is 0.455 e. The summed E-state index contributed by atoms with van der Waals surface area (Å²) in [5, 5.41) is 6.88. The van der Waals surface area contributed by atoms with E-state index >= 15 is 0 Å². The Labute approximate surface area is 317 Å². The summed E-state index contributed by atoms with van der Waals surface area (Å²) in [5.74, 6) is 0.601. The maximum absolute atomic E-state index is 6.61. The van der Waals surface area contributed by atoms with E-state index in [1.54, 1.807) is 0 Å². The van der Waals surface area contributed by atoms with Gasteiger partial charge in [0.05, 0.1) is 0 Å². The lowest BCUT2D eigenvalue weighted by Crippen LogP contribution is -2.09. The minimum absolute atomic E-state index is 0.601. The van der Waals surface area contributed by atoms with Gasteiger partial charge < -0.3 is 13.7 Å². The number of fused-ring (bicyclic) bond motifs is 6. The van der Waals surface area contributed by atoms with Gasteiger partial charge in [0.1, 0.15) is 16.7 Å². The second-order valence-electron chi connectivity index (χ2n) is 14.0. The van der Waals surface area contributed by atoms with Crippen LogP contribution in [0, 0.1) is 0 Å². The zero-order chi connectivity index (χ0) is 36.3. The number of hydrogen-bond acceptors (Lipinski definition) is 4. The molecular formula is C51H32N2O2. The summed E-state index contributed by atoms with van der Waals surface area (Å²) in [6.07, 6.45) is 0. The molecule has 11 aromatic rings. The van der Waals surface area contributed by atoms with Gasteiger partial charge in [-0.2, -0.15) is 0 Å². The molecule has 0 N–H and O–H groups in total. The van der Waals surface area contributed by atoms with Gasteiger partial charge in [-0.1, -0.05) is 127 Å². The van der Waals surface area contributed by atoms with E-state index < -0.39 is 0 Å². The van der Waals surface area contributed by atoms with E-state index in [0.29, 0.717) is 5.89 Å². The molecule has 0 aliphatic carbocycles. The van der Waals surface area contributed by atoms with Gasteiger partial charge in [-0.3, -0.25) is 0 Å². The molecule has 0 amide bonds. The summed E-state index contributed by atoms with van der Waals surface area (Å²) in [4.78, 5) is 7.16. The first-order valence-electron chi connectivity index (χ1n) is 18.5. The van der Waals surface area contributed by atoms with Crippen molar-refractivity contribution >= 4 is 71.6 Å². The number of aromatic nitrogens is 1. The lowest BCUT2D eigenvalue weighted by molar-refractivity contribution is 0.620. The SMILES string of the molecule is c1ccc(N(c2ccc(-c3ccc4ccccc4c3)cc2)c2ccc(-c3cccc4c3oc3cc5nc(-c6ccc7ccccc7c6)oc5cc34)cc2)cc1. The third-order valence-corrected chi connectivity index (χ3v) is 10.7. The van der Waals surface area contributed by atoms with Gasteiger partial charge in [0.2, 0.25) is 5.89 Å². The fourth-order valence-corrected chi connectivity index (χ4v) is 7.88. The molecule has 55 heavy (non-hydrogen) atoms. The Morgan fingerprint density at radius 3 is 1.65 bits per heavy atom. The zero-order valence-electron chi connectivity index (χ0n) is 29.7. The first kappa shape index (κ1) is 31.1. The number of furan rings is 1. The van der Waals surface area contributed by atoms with Crippen LogP contribution in [-0.4, -0.2) is 4.98 Å². The molecule has 0 saturated carbocycles. The zero-order valence-corrected chi connectivity index (χ0v) is 29.7. The molecule has 258 valence electrons. The smallest absolute Gasteiger partial charge is 0.227 e. The molecule has 2 aromatic heterocycles. The van der Waals surface area contributed by atoms with Crippen molar-refractivity contribution in [1.29, 1.82) is 0 Å². The Balaban J connectivity index is 0.932. The van der Waals surface area contributed by atoms with Gasteiger partial charge in [0.25, 0.3) is 0 Å². The van der Waals surface area contributed by atoms with E-state index in [-0.39, 0.29) is 0 Å². The van der Waals surface area contributed by atoms with E-state index in [9.17, 15) is 0 Å². The molecule has 2 heterocycles. The summed E-state index contributed by atoms with van der Waals surface area (Å²) in [7, 11) is 0. The van der Waals surface area contributed by atoms with Crippen LogP contribution in [0.5, 0.6) is 0 Å². The molecule has 4 nitrogen and oxygen atoms in total. The summed E-state index contributed by atoms with van der Waals surface area (Å²) in [6, 6.07) is 68.2. The molecule has 0 unspecified atom stereocenters. The lowest BCUT2D eigenvalue weighted by Gasteiger charge is -2.26. The van der Waals surface area contributed by atoms with Crippen molar-refractivity contribution in [3.05, 3.63) is 194 Å². The normalized spacial score (nSPS) is 11.6. The van der Waals surface area contributed by atoms with Crippen molar-refractivity contribution in [2.24, 2.45) is 0 Å². The van der Waals surface area contributed by atoms with Crippen LogP contribution in [0.25, 0.3) is 88.3 Å². The topological polar surface area (TPSA) is 42.4 Å². The average molecular weight is 705 g/mol. The molecule has 4 heteroatoms. The first-order chi connectivity index (χ1) is 27.2. The van der Waals surface area contributed by atoms with E-state index in [4.69, 9.17) is 13.8 Å². The molecule has 0 saturated heterocycles. The Hall–Kier alpha value is -7.43. The second-order valence-corrected chi connectivity index (χ2v) is 14.0. The van der Waals surface area contributed by atoms with Crippen LogP contribution in [0.4, 0.5) is 17.1 Å². The Morgan fingerprint density at radius 1 is 0.364 bits per heavy atom. The van der Waals surface area contributed by atoms with Gasteiger partial charge >= 0.3 is 0 Å². The van der Waals surface area contributed by atoms with Crippen molar-refractivity contribution in [2.45, 2.75) is 0 Å². The highest BCUT2D eigenvalue weighted by atomic mass is 16.4. The molecule has 11 rings (SSSR count). The van der Waals surface area contributed by atoms with Gasteiger partial charge in [-0.25, -0.2) is 4.98 Å². The summed E-state index contributed by atoms with van der Waals surface area (Å²) >= 11 is 0. The van der Waals surface area contributed by atoms with Gasteiger partial charge in [0, 0.05) is 45.0 Å². The monoisotopic (exact) mass is 704 g/mol. The van der Waals surface area contributed by atoms with Gasteiger partial charge in [-0.05, 0) is 98.9 Å². The molecule has 0 aliphatic heterocycles. The Kier molecular flexibility index (Phi) is 7.14. The lowest BCUT2D eigenvalue weighted by atomic mass is 10.0. The van der Waals surface area contributed by atoms with Crippen molar-refractivity contribution < 1.29 is 8.83 Å². The third kappa shape index (κ3) is 5.43. The number of benzene rings is 9. The van der Waals surface area contributed by atoms with E-state index in [0.717, 1.165) is 72.2 Å². The number of oxazole rings is 1. The van der Waals surface area contributed by atoms with Crippen LogP contribution in [0.15, 0.2) is 203 Å². The second kappa shape index (κ2) is 12.6. The highest BCUT2D eigenvalue weighted by Gasteiger charge is 2.18. The number of hydrogen-bond donors (Lipinski definition) is 0. The molecule has 0 fully saturated rings. The quantitative estimate of drug-likeness (QED) is 0.173. The molecule has 9 aromatic carbocycles. The van der Waals surface area contributed by atoms with Gasteiger partial charge in [-0.15, -0.1) is 0 Å². The molecule has 0 aliphatic rings. The predicted molar refractivity (Wildman–Crippen MR) is 227 cm³/mol. The van der Waals surface area contributed by atoms with Crippen molar-refractivity contribution in [3.8, 4) is 33.7 Å². The maximum atomic E-state index is 6.61. The maximum Gasteiger partial charge on any atom is 0.227 e. The number of nitrogens with zero attached hydrogens (tertiary/aromatic N) is 2. The molecular weight excluding hydrogens is 673 g/mol. The van der Waals surface area contributed by atoms with E-state index in [1.807, 2.05) is 12.1 Å². The van der Waals surface area contributed by atoms with Crippen molar-refractivity contribution in [2.75, 3.05) is 4.90 Å². The van der Waals surface area contributed by atoms with Crippen molar-refractivity contribution in [1.82, 2.24) is 4.98 Å². The fraction of sp³-hybridized carbons (Fsp3) is 0. The van der Waals surface area contributed by atoms with E-state index in [1.165, 1.54) is 27.3 Å². The highest BCUT2D eigenvalue weighted by Crippen LogP contribution is 2.41. The van der Waals surface area contributed by atoms with Gasteiger partial charge in [0.15, 0.2) is 5.58 Å². The van der Waals surface area contributed by atoms with Crippen LogP contribution < -0.4 is 4.90 Å². The first-order valence-corrected chi connectivity index (χ1v) is 18.5. The molecule has 0 spiro atoms. The van der Waals surface area contributed by atoms with Crippen molar-refractivity contribution in [3.63, 3.8) is 0 Å². The number of anilines is 3. The van der Waals surface area contributed by atoms with Crippen LogP contribution in [0.2, 0.25) is 0 Å². The molecule has 0 atom stereocenters. The minimum Gasteiger partial charge on any atom is -0.455 e. The van der Waals surface area contributed by atoms with Crippen LogP contribution in [0.3, 0.4) is 0 Å². The van der Waals surface area contributed by atoms with E-state index in [2.05, 4.69) is 187 Å². The van der Waals surface area contributed by atoms with Crippen LogP contribution >= 0.6 is 0 Å². The third-order valence-electron chi connectivity index (χ3n) is 10.7. The summed E-state index contributed by atoms with van der Waals surface area (Å²) < 4.78 is 13.0. The fourth-order valence-electron chi connectivity index (χ4n) is 7.88. The number of rotatable bonds is 6. The minimum atomic E-state index is 0.601. The Morgan fingerprint density at radius 2 is 0.945 bits per heavy atom. The summed E-state index contributed by atoms with van der Waals surface area (Å²) in [6.45, 7) is 0. The summed E-state index contributed by atoms with van der Waals surface area (Å²) in [5.41, 5.74) is 11.8. The molecule has 0 radical (unpaired) electrons. The van der Waals surface area contributed by atoms with Crippen LogP contribution in [-0.2, 0) is 0 Å². The molecule has 0 bridgehead atoms. The number of para-hydroxylation sites is 2. The predicted octanol–water partition coefficient (Wildman–Crippen LogP) is 14.5. The van der Waals surface area contributed by atoms with Crippen LogP contribution in [0.1, 0.15) is 0 Å². The standard InChI is InChI=1S/C51H32N2O2/c1-2-13-41(14-3-1)53(42-25-21-35(22-26-42)39-19-17-33-9-4-6-11-37(33)29-39)43-27-23-36(24-28-43)44-15-8-16-45-46-31-49-47(32-48(46)54-50(44)45)52-51(55-49)40-20-18-34-10-5-7-12-38(34)30-40/h1-32H. The highest BCUT2D eigenvalue weighted by molar-refractivity contribution is 6.12. The Bertz CT molecular complexity index is 3200. The average Bonchev–Trinajstić information content (AvgIpc) is 3.84.